The zero-order valence-corrected chi connectivity index (χ0v) is 44.6. The normalized spacial score (nSPS) is 11.6. The van der Waals surface area contributed by atoms with Gasteiger partial charge < -0.3 is 57.2 Å². The smallest absolute Gasteiger partial charge is 0.330 e. The molecule has 0 N–H and O–H groups in total. The molecule has 0 aromatic heterocycles. The Kier molecular flexibility index (Phi) is 38.4. The molecule has 0 aliphatic rings. The molecule has 0 aromatic carbocycles. The van der Waals surface area contributed by atoms with Gasteiger partial charge in [0.25, 0.3) is 0 Å². The molecule has 0 heterocycles. The largest absolute Gasteiger partial charge is 0.466 e. The minimum Gasteiger partial charge on any atom is -0.466 e. The fraction of sp³-hybridized carbons (Fsp3) is 0.593. The molecule has 1 atom stereocenters. The minimum atomic E-state index is -1.11. The lowest BCUT2D eigenvalue weighted by Crippen LogP contribution is -2.40. The summed E-state index contributed by atoms with van der Waals surface area (Å²) < 4.78 is 53.1. The second kappa shape index (κ2) is 42.3. The predicted molar refractivity (Wildman–Crippen MR) is 275 cm³/mol. The molecule has 0 rings (SSSR count). The van der Waals surface area contributed by atoms with Gasteiger partial charge in [0.1, 0.15) is 52.9 Å². The van der Waals surface area contributed by atoms with Crippen LogP contribution < -0.4 is 0 Å². The van der Waals surface area contributed by atoms with Crippen molar-refractivity contribution in [2.45, 2.75) is 90.9 Å². The van der Waals surface area contributed by atoms with Gasteiger partial charge in [-0.3, -0.25) is 28.8 Å². The first-order chi connectivity index (χ1) is 36.4. The zero-order valence-electron chi connectivity index (χ0n) is 44.6. The third-order valence-corrected chi connectivity index (χ3v) is 11.4. The van der Waals surface area contributed by atoms with Crippen LogP contribution in [0.4, 0.5) is 0 Å². The summed E-state index contributed by atoms with van der Waals surface area (Å²) in [6, 6.07) is 0. The second-order valence-corrected chi connectivity index (χ2v) is 17.2. The van der Waals surface area contributed by atoms with Crippen molar-refractivity contribution in [3.63, 3.8) is 0 Å². The second-order valence-electron chi connectivity index (χ2n) is 17.2. The highest BCUT2D eigenvalue weighted by Gasteiger charge is 2.35. The molecule has 22 heteroatoms. The van der Waals surface area contributed by atoms with Gasteiger partial charge in [0.15, 0.2) is 0 Å². The van der Waals surface area contributed by atoms with Crippen molar-refractivity contribution >= 4 is 59.7 Å². The molecule has 0 bridgehead atoms. The SMILES string of the molecule is C=CCC(=O)OCCCCCOC(=O)CCN(CCC(=O)OCCOC(=O)C=C)CCN(CCCC(=O)OCC(CC)(COC(=O)C=C)COC(=O)CC=C)CCC(=O)OCC(CC)(COC(=O)C=C)COC(=O)C=C. The third kappa shape index (κ3) is 34.5. The van der Waals surface area contributed by atoms with Gasteiger partial charge >= 0.3 is 59.7 Å². The first-order valence-corrected chi connectivity index (χ1v) is 25.2. The molecular weight excluding hydrogens is 997 g/mol. The number of esters is 10. The Morgan fingerprint density at radius 2 is 0.658 bits per heavy atom. The van der Waals surface area contributed by atoms with Crippen LogP contribution in [0.2, 0.25) is 0 Å². The van der Waals surface area contributed by atoms with Gasteiger partial charge in [0.2, 0.25) is 0 Å². The number of rotatable bonds is 47. The summed E-state index contributed by atoms with van der Waals surface area (Å²) >= 11 is 0. The van der Waals surface area contributed by atoms with E-state index in [1.165, 1.54) is 12.2 Å². The van der Waals surface area contributed by atoms with E-state index in [9.17, 15) is 47.9 Å². The van der Waals surface area contributed by atoms with Gasteiger partial charge in [-0.2, -0.15) is 0 Å². The van der Waals surface area contributed by atoms with Crippen molar-refractivity contribution in [2.75, 3.05) is 105 Å². The van der Waals surface area contributed by atoms with Crippen molar-refractivity contribution in [3.05, 3.63) is 75.9 Å². The lowest BCUT2D eigenvalue weighted by atomic mass is 9.88. The molecule has 76 heavy (non-hydrogen) atoms. The number of carbonyl (C=O) groups excluding carboxylic acids is 10. The first-order valence-electron chi connectivity index (χ1n) is 25.2. The number of hydrogen-bond donors (Lipinski definition) is 0. The molecule has 426 valence electrons. The molecule has 0 amide bonds. The number of unbranched alkanes of at least 4 members (excludes halogenated alkanes) is 2. The summed E-state index contributed by atoms with van der Waals surface area (Å²) in [4.78, 5) is 127. The molecule has 0 saturated heterocycles. The van der Waals surface area contributed by atoms with Gasteiger partial charge in [0, 0.05) is 63.4 Å². The van der Waals surface area contributed by atoms with Crippen LogP contribution >= 0.6 is 0 Å². The molecule has 0 aromatic rings. The fourth-order valence-corrected chi connectivity index (χ4v) is 6.31. The van der Waals surface area contributed by atoms with E-state index in [4.69, 9.17) is 47.4 Å². The summed E-state index contributed by atoms with van der Waals surface area (Å²) in [7, 11) is 0. The van der Waals surface area contributed by atoms with Crippen molar-refractivity contribution in [1.82, 2.24) is 9.80 Å². The summed E-state index contributed by atoms with van der Waals surface area (Å²) in [6.45, 7) is 23.6. The van der Waals surface area contributed by atoms with Gasteiger partial charge in [-0.1, -0.05) is 52.3 Å². The maximum absolute atomic E-state index is 13.4. The highest BCUT2D eigenvalue weighted by molar-refractivity contribution is 5.82. The molecule has 0 radical (unpaired) electrons. The highest BCUT2D eigenvalue weighted by atomic mass is 16.6. The van der Waals surface area contributed by atoms with E-state index in [1.54, 1.807) is 13.8 Å². The molecule has 0 aliphatic carbocycles. The molecule has 0 fully saturated rings. The zero-order chi connectivity index (χ0) is 57.0. The Hall–Kier alpha value is -6.94. The van der Waals surface area contributed by atoms with Gasteiger partial charge in [-0.05, 0) is 45.1 Å². The predicted octanol–water partition coefficient (Wildman–Crippen LogP) is 4.83. The lowest BCUT2D eigenvalue weighted by molar-refractivity contribution is -0.162. The maximum Gasteiger partial charge on any atom is 0.330 e. The summed E-state index contributed by atoms with van der Waals surface area (Å²) in [5, 5.41) is 0. The lowest BCUT2D eigenvalue weighted by Gasteiger charge is -2.31. The number of nitrogens with zero attached hydrogens (tertiary/aromatic N) is 2. The summed E-state index contributed by atoms with van der Waals surface area (Å²) in [5.74, 6) is -6.16. The standard InChI is InChI=1S/C54H80N2O20/c1-9-21-47(61)67-33-18-17-19-34-68-50(64)24-29-56(30-25-51(65)70-36-35-69-43(57)11-3)32-31-55(28-26-52(66)76-42-53(15-7,37-71-44(58)12-4)38-72-45(59)13-5)27-20-23-49(63)75-41-54(16-8,39-73-46(60)14-6)40-74-48(62)22-10-2/h9-14H,1-6,15-42H2,7-8H3. The Labute approximate surface area is 446 Å². The minimum absolute atomic E-state index is 0.0488. The van der Waals surface area contributed by atoms with E-state index in [0.29, 0.717) is 25.7 Å². The molecule has 22 nitrogen and oxygen atoms in total. The van der Waals surface area contributed by atoms with E-state index in [-0.39, 0.29) is 163 Å². The average Bonchev–Trinajstić information content (AvgIpc) is 3.42. The Bertz CT molecular complexity index is 1890. The van der Waals surface area contributed by atoms with E-state index in [1.807, 2.05) is 9.80 Å². The topological polar surface area (TPSA) is 269 Å². The van der Waals surface area contributed by atoms with Crippen LogP contribution in [0.25, 0.3) is 0 Å². The van der Waals surface area contributed by atoms with Crippen LogP contribution in [0.15, 0.2) is 75.9 Å². The van der Waals surface area contributed by atoms with Crippen LogP contribution in [0.3, 0.4) is 0 Å². The molecular formula is C54H80N2O20. The molecule has 0 aliphatic heterocycles. The molecule has 1 unspecified atom stereocenters. The number of carbonyl (C=O) groups is 10. The van der Waals surface area contributed by atoms with Crippen LogP contribution in [-0.2, 0) is 95.3 Å². The van der Waals surface area contributed by atoms with Crippen LogP contribution in [0, 0.1) is 10.8 Å². The number of ether oxygens (including phenoxy) is 10. The monoisotopic (exact) mass is 1080 g/mol. The highest BCUT2D eigenvalue weighted by Crippen LogP contribution is 2.26. The maximum atomic E-state index is 13.4. The summed E-state index contributed by atoms with van der Waals surface area (Å²) in [6.07, 6.45) is 8.90. The Morgan fingerprint density at radius 1 is 0.342 bits per heavy atom. The average molecular weight is 1080 g/mol. The van der Waals surface area contributed by atoms with E-state index in [2.05, 4.69) is 39.5 Å². The van der Waals surface area contributed by atoms with Crippen LogP contribution in [0.5, 0.6) is 0 Å². The van der Waals surface area contributed by atoms with Gasteiger partial charge in [-0.25, -0.2) is 19.2 Å². The van der Waals surface area contributed by atoms with Crippen molar-refractivity contribution in [3.8, 4) is 0 Å². The Balaban J connectivity index is 6.28. The first kappa shape index (κ1) is 69.1. The van der Waals surface area contributed by atoms with E-state index >= 15 is 0 Å². The third-order valence-electron chi connectivity index (χ3n) is 11.4. The van der Waals surface area contributed by atoms with Crippen LogP contribution in [0.1, 0.15) is 90.9 Å². The van der Waals surface area contributed by atoms with Crippen LogP contribution in [-0.4, -0.2) is 175 Å². The Morgan fingerprint density at radius 3 is 1.07 bits per heavy atom. The number of hydrogen-bond acceptors (Lipinski definition) is 22. The molecule has 0 spiro atoms. The van der Waals surface area contributed by atoms with E-state index < -0.39 is 64.6 Å². The fourth-order valence-electron chi connectivity index (χ4n) is 6.31. The quantitative estimate of drug-likeness (QED) is 0.0259. The van der Waals surface area contributed by atoms with E-state index in [0.717, 1.165) is 24.3 Å². The molecule has 0 saturated carbocycles. The van der Waals surface area contributed by atoms with Crippen molar-refractivity contribution in [1.29, 1.82) is 0 Å². The van der Waals surface area contributed by atoms with Gasteiger partial charge in [-0.15, -0.1) is 13.2 Å². The van der Waals surface area contributed by atoms with Crippen molar-refractivity contribution in [2.24, 2.45) is 10.8 Å². The van der Waals surface area contributed by atoms with Gasteiger partial charge in [0.05, 0.1) is 56.1 Å². The summed E-state index contributed by atoms with van der Waals surface area (Å²) in [5.41, 5.74) is -2.18. The van der Waals surface area contributed by atoms with Crippen molar-refractivity contribution < 1.29 is 95.3 Å².